The largest absolute Gasteiger partial charge is 0.392 e. The molecule has 0 saturated heterocycles. The molecule has 1 aromatic heterocycles. The first-order chi connectivity index (χ1) is 8.45. The van der Waals surface area contributed by atoms with Crippen molar-refractivity contribution in [2.45, 2.75) is 20.0 Å². The first-order valence-corrected chi connectivity index (χ1v) is 5.60. The fraction of sp³-hybridized carbons (Fsp3) is 0.600. The van der Waals surface area contributed by atoms with E-state index in [-0.39, 0.29) is 18.1 Å². The van der Waals surface area contributed by atoms with E-state index < -0.39 is 11.0 Å². The van der Waals surface area contributed by atoms with Gasteiger partial charge in [0.15, 0.2) is 0 Å². The standard InChI is InChI=1S/C10H17N5O3/c1-4-11-10-12-5-8(15(17)18)9(13-10)14(3)6-7(2)16/h5,7,16H,4,6H2,1-3H3,(H,11,12,13). The van der Waals surface area contributed by atoms with Crippen molar-refractivity contribution in [3.63, 3.8) is 0 Å². The highest BCUT2D eigenvalue weighted by Gasteiger charge is 2.21. The fourth-order valence-electron chi connectivity index (χ4n) is 1.50. The highest BCUT2D eigenvalue weighted by atomic mass is 16.6. The number of aliphatic hydroxyl groups is 1. The SMILES string of the molecule is CCNc1ncc([N+](=O)[O-])c(N(C)CC(C)O)n1. The molecule has 0 saturated carbocycles. The van der Waals surface area contributed by atoms with Crippen LogP contribution in [0.5, 0.6) is 0 Å². The number of nitrogens with zero attached hydrogens (tertiary/aromatic N) is 4. The van der Waals surface area contributed by atoms with Crippen LogP contribution in [0.15, 0.2) is 6.20 Å². The summed E-state index contributed by atoms with van der Waals surface area (Å²) in [7, 11) is 1.64. The molecule has 1 aromatic rings. The van der Waals surface area contributed by atoms with Gasteiger partial charge in [-0.05, 0) is 13.8 Å². The van der Waals surface area contributed by atoms with E-state index in [2.05, 4.69) is 15.3 Å². The number of anilines is 2. The van der Waals surface area contributed by atoms with Crippen LogP contribution in [0, 0.1) is 10.1 Å². The van der Waals surface area contributed by atoms with E-state index in [1.165, 1.54) is 11.1 Å². The lowest BCUT2D eigenvalue weighted by Crippen LogP contribution is -2.28. The van der Waals surface area contributed by atoms with E-state index in [1.807, 2.05) is 6.92 Å². The maximum atomic E-state index is 10.9. The molecule has 0 spiro atoms. The van der Waals surface area contributed by atoms with Gasteiger partial charge in [-0.25, -0.2) is 4.98 Å². The van der Waals surface area contributed by atoms with E-state index in [4.69, 9.17) is 0 Å². The van der Waals surface area contributed by atoms with Crippen LogP contribution in [0.2, 0.25) is 0 Å². The molecular formula is C10H17N5O3. The molecule has 1 atom stereocenters. The van der Waals surface area contributed by atoms with Gasteiger partial charge in [0.2, 0.25) is 11.8 Å². The third kappa shape index (κ3) is 3.52. The second-order valence-corrected chi connectivity index (χ2v) is 3.92. The van der Waals surface area contributed by atoms with Crippen LogP contribution >= 0.6 is 0 Å². The fourth-order valence-corrected chi connectivity index (χ4v) is 1.50. The highest BCUT2D eigenvalue weighted by Crippen LogP contribution is 2.25. The smallest absolute Gasteiger partial charge is 0.329 e. The highest BCUT2D eigenvalue weighted by molar-refractivity contribution is 5.58. The maximum Gasteiger partial charge on any atom is 0.329 e. The van der Waals surface area contributed by atoms with E-state index in [0.29, 0.717) is 12.5 Å². The van der Waals surface area contributed by atoms with Gasteiger partial charge in [-0.2, -0.15) is 4.98 Å². The number of hydrogen-bond acceptors (Lipinski definition) is 7. The Morgan fingerprint density at radius 2 is 2.33 bits per heavy atom. The average molecular weight is 255 g/mol. The zero-order chi connectivity index (χ0) is 13.7. The van der Waals surface area contributed by atoms with Crippen molar-refractivity contribution < 1.29 is 10.0 Å². The van der Waals surface area contributed by atoms with Crippen molar-refractivity contribution in [1.82, 2.24) is 9.97 Å². The van der Waals surface area contributed by atoms with Crippen molar-refractivity contribution in [2.75, 3.05) is 30.4 Å². The normalized spacial score (nSPS) is 12.0. The van der Waals surface area contributed by atoms with Crippen LogP contribution in [0.3, 0.4) is 0 Å². The molecule has 0 radical (unpaired) electrons. The Hall–Kier alpha value is -1.96. The molecule has 1 unspecified atom stereocenters. The maximum absolute atomic E-state index is 10.9. The summed E-state index contributed by atoms with van der Waals surface area (Å²) in [4.78, 5) is 19.8. The monoisotopic (exact) mass is 255 g/mol. The van der Waals surface area contributed by atoms with Gasteiger partial charge in [0.25, 0.3) is 0 Å². The molecule has 0 aromatic carbocycles. The zero-order valence-electron chi connectivity index (χ0n) is 10.6. The molecule has 18 heavy (non-hydrogen) atoms. The van der Waals surface area contributed by atoms with Gasteiger partial charge in [0.05, 0.1) is 11.0 Å². The van der Waals surface area contributed by atoms with E-state index in [9.17, 15) is 15.2 Å². The minimum Gasteiger partial charge on any atom is -0.392 e. The quantitative estimate of drug-likeness (QED) is 0.567. The Bertz CT molecular complexity index is 424. The second-order valence-electron chi connectivity index (χ2n) is 3.92. The van der Waals surface area contributed by atoms with Gasteiger partial charge in [-0.3, -0.25) is 10.1 Å². The number of hydrogen-bond donors (Lipinski definition) is 2. The number of nitro groups is 1. The van der Waals surface area contributed by atoms with Crippen LogP contribution in [0.4, 0.5) is 17.5 Å². The van der Waals surface area contributed by atoms with Crippen molar-refractivity contribution >= 4 is 17.5 Å². The molecule has 0 aliphatic carbocycles. The van der Waals surface area contributed by atoms with E-state index in [0.717, 1.165) is 0 Å². The zero-order valence-corrected chi connectivity index (χ0v) is 10.6. The summed E-state index contributed by atoms with van der Waals surface area (Å²) in [6.45, 7) is 4.36. The molecule has 0 fully saturated rings. The number of rotatable bonds is 6. The van der Waals surface area contributed by atoms with Gasteiger partial charge in [0, 0.05) is 20.1 Å². The summed E-state index contributed by atoms with van der Waals surface area (Å²) in [6, 6.07) is 0. The Balaban J connectivity index is 3.10. The molecule has 2 N–H and O–H groups in total. The summed E-state index contributed by atoms with van der Waals surface area (Å²) >= 11 is 0. The first-order valence-electron chi connectivity index (χ1n) is 5.60. The number of aliphatic hydroxyl groups excluding tert-OH is 1. The molecule has 100 valence electrons. The summed E-state index contributed by atoms with van der Waals surface area (Å²) in [5, 5.41) is 23.1. The van der Waals surface area contributed by atoms with Crippen molar-refractivity contribution in [2.24, 2.45) is 0 Å². The number of aromatic nitrogens is 2. The summed E-state index contributed by atoms with van der Waals surface area (Å²) in [6.07, 6.45) is 0.561. The van der Waals surface area contributed by atoms with Gasteiger partial charge < -0.3 is 15.3 Å². The Morgan fingerprint density at radius 1 is 1.67 bits per heavy atom. The predicted octanol–water partition coefficient (Wildman–Crippen LogP) is 0.634. The second kappa shape index (κ2) is 6.10. The van der Waals surface area contributed by atoms with Gasteiger partial charge >= 0.3 is 5.69 Å². The summed E-state index contributed by atoms with van der Waals surface area (Å²) < 4.78 is 0. The Labute approximate surface area is 105 Å². The molecule has 8 heteroatoms. The molecule has 0 aliphatic heterocycles. The number of nitrogens with one attached hydrogen (secondary N) is 1. The van der Waals surface area contributed by atoms with Gasteiger partial charge in [-0.15, -0.1) is 0 Å². The van der Waals surface area contributed by atoms with Crippen molar-refractivity contribution in [3.05, 3.63) is 16.3 Å². The van der Waals surface area contributed by atoms with Crippen LogP contribution in [-0.4, -0.2) is 46.2 Å². The average Bonchev–Trinajstić information content (AvgIpc) is 2.28. The van der Waals surface area contributed by atoms with Crippen LogP contribution in [0.25, 0.3) is 0 Å². The third-order valence-electron chi connectivity index (χ3n) is 2.18. The predicted molar refractivity (Wildman–Crippen MR) is 67.8 cm³/mol. The van der Waals surface area contributed by atoms with Gasteiger partial charge in [-0.1, -0.05) is 0 Å². The lowest BCUT2D eigenvalue weighted by atomic mass is 10.3. The van der Waals surface area contributed by atoms with Gasteiger partial charge in [0.1, 0.15) is 6.20 Å². The van der Waals surface area contributed by atoms with E-state index in [1.54, 1.807) is 14.0 Å². The third-order valence-corrected chi connectivity index (χ3v) is 2.18. The Morgan fingerprint density at radius 3 is 2.83 bits per heavy atom. The lowest BCUT2D eigenvalue weighted by molar-refractivity contribution is -0.384. The molecular weight excluding hydrogens is 238 g/mol. The van der Waals surface area contributed by atoms with E-state index >= 15 is 0 Å². The summed E-state index contributed by atoms with van der Waals surface area (Å²) in [5.74, 6) is 0.516. The van der Waals surface area contributed by atoms with Crippen LogP contribution in [-0.2, 0) is 0 Å². The minimum absolute atomic E-state index is 0.181. The van der Waals surface area contributed by atoms with Crippen LogP contribution < -0.4 is 10.2 Å². The van der Waals surface area contributed by atoms with Crippen molar-refractivity contribution in [1.29, 1.82) is 0 Å². The molecule has 1 rings (SSSR count). The lowest BCUT2D eigenvalue weighted by Gasteiger charge is -2.19. The number of likely N-dealkylation sites (N-methyl/N-ethyl adjacent to an activating group) is 1. The van der Waals surface area contributed by atoms with Crippen molar-refractivity contribution in [3.8, 4) is 0 Å². The molecule has 0 amide bonds. The summed E-state index contributed by atoms with van der Waals surface area (Å²) in [5.41, 5.74) is -0.181. The molecule has 1 heterocycles. The minimum atomic E-state index is -0.604. The Kier molecular flexibility index (Phi) is 4.78. The molecule has 0 aliphatic rings. The topological polar surface area (TPSA) is 104 Å². The molecule has 8 nitrogen and oxygen atoms in total. The molecule has 0 bridgehead atoms. The van der Waals surface area contributed by atoms with Crippen LogP contribution in [0.1, 0.15) is 13.8 Å². The first kappa shape index (κ1) is 14.1.